The molecule has 2 rings (SSSR count). The zero-order chi connectivity index (χ0) is 15.2. The van der Waals surface area contributed by atoms with Gasteiger partial charge in [0.1, 0.15) is 5.75 Å². The summed E-state index contributed by atoms with van der Waals surface area (Å²) in [4.78, 5) is 0. The summed E-state index contributed by atoms with van der Waals surface area (Å²) in [7, 11) is 3.62. The predicted molar refractivity (Wildman–Crippen MR) is 86.4 cm³/mol. The number of methoxy groups -OCH3 is 1. The molecule has 1 unspecified atom stereocenters. The van der Waals surface area contributed by atoms with Crippen LogP contribution in [0, 0.1) is 0 Å². The lowest BCUT2D eigenvalue weighted by molar-refractivity contribution is 0.378. The second kappa shape index (κ2) is 7.14. The third-order valence-electron chi connectivity index (χ3n) is 3.68. The molecule has 0 aliphatic rings. The molecule has 2 aromatic rings. The molecule has 0 saturated heterocycles. The van der Waals surface area contributed by atoms with Crippen molar-refractivity contribution in [2.75, 3.05) is 14.2 Å². The van der Waals surface area contributed by atoms with Crippen molar-refractivity contribution in [1.29, 1.82) is 0 Å². The van der Waals surface area contributed by atoms with Gasteiger partial charge in [0.15, 0.2) is 11.5 Å². The standard InChI is InChI=1S/C18H23NO2/c1-5-14-6-11-17(18(12-14)20-4)21-16-9-7-15(8-10-16)13(2)19-3/h6-13,19H,5H2,1-4H3. The van der Waals surface area contributed by atoms with E-state index in [-0.39, 0.29) is 0 Å². The molecule has 2 aromatic carbocycles. The summed E-state index contributed by atoms with van der Waals surface area (Å²) in [5.74, 6) is 2.32. The normalized spacial score (nSPS) is 12.0. The molecule has 1 N–H and O–H groups in total. The molecule has 0 heterocycles. The summed E-state index contributed by atoms with van der Waals surface area (Å²) in [6.07, 6.45) is 0.979. The quantitative estimate of drug-likeness (QED) is 0.857. The maximum atomic E-state index is 5.92. The van der Waals surface area contributed by atoms with Crippen LogP contribution in [0.2, 0.25) is 0 Å². The van der Waals surface area contributed by atoms with E-state index < -0.39 is 0 Å². The zero-order valence-electron chi connectivity index (χ0n) is 13.1. The highest BCUT2D eigenvalue weighted by molar-refractivity contribution is 5.45. The van der Waals surface area contributed by atoms with Crippen LogP contribution in [0.4, 0.5) is 0 Å². The Labute approximate surface area is 126 Å². The van der Waals surface area contributed by atoms with Crippen LogP contribution in [-0.4, -0.2) is 14.2 Å². The Morgan fingerprint density at radius 1 is 1.05 bits per heavy atom. The van der Waals surface area contributed by atoms with Gasteiger partial charge >= 0.3 is 0 Å². The van der Waals surface area contributed by atoms with E-state index in [0.29, 0.717) is 6.04 Å². The molecule has 0 aliphatic heterocycles. The molecular formula is C18H23NO2. The van der Waals surface area contributed by atoms with Crippen LogP contribution in [0.1, 0.15) is 31.0 Å². The van der Waals surface area contributed by atoms with E-state index in [1.165, 1.54) is 11.1 Å². The summed E-state index contributed by atoms with van der Waals surface area (Å²) in [6.45, 7) is 4.25. The van der Waals surface area contributed by atoms with E-state index >= 15 is 0 Å². The monoisotopic (exact) mass is 285 g/mol. The van der Waals surface area contributed by atoms with E-state index in [4.69, 9.17) is 9.47 Å². The molecule has 0 fully saturated rings. The van der Waals surface area contributed by atoms with Crippen molar-refractivity contribution in [1.82, 2.24) is 5.32 Å². The first-order valence-corrected chi connectivity index (χ1v) is 7.30. The molecule has 0 amide bonds. The van der Waals surface area contributed by atoms with Gasteiger partial charge in [0.25, 0.3) is 0 Å². The van der Waals surface area contributed by atoms with Crippen LogP contribution >= 0.6 is 0 Å². The van der Waals surface area contributed by atoms with Crippen LogP contribution in [0.3, 0.4) is 0 Å². The van der Waals surface area contributed by atoms with E-state index in [1.54, 1.807) is 7.11 Å². The number of ether oxygens (including phenoxy) is 2. The fourth-order valence-corrected chi connectivity index (χ4v) is 2.13. The highest BCUT2D eigenvalue weighted by Gasteiger charge is 2.07. The molecule has 0 radical (unpaired) electrons. The fourth-order valence-electron chi connectivity index (χ4n) is 2.13. The third kappa shape index (κ3) is 3.76. The predicted octanol–water partition coefficient (Wildman–Crippen LogP) is 4.33. The molecular weight excluding hydrogens is 262 g/mol. The number of benzene rings is 2. The Bertz CT molecular complexity index is 578. The molecule has 0 aromatic heterocycles. The SMILES string of the molecule is CCc1ccc(Oc2ccc(C(C)NC)cc2)c(OC)c1. The molecule has 0 spiro atoms. The van der Waals surface area contributed by atoms with Gasteiger partial charge in [-0.25, -0.2) is 0 Å². The van der Waals surface area contributed by atoms with Gasteiger partial charge in [0.05, 0.1) is 7.11 Å². The molecule has 0 aliphatic carbocycles. The molecule has 21 heavy (non-hydrogen) atoms. The van der Waals surface area contributed by atoms with Crippen molar-refractivity contribution >= 4 is 0 Å². The minimum absolute atomic E-state index is 0.331. The number of nitrogens with one attached hydrogen (secondary N) is 1. The first kappa shape index (κ1) is 15.4. The van der Waals surface area contributed by atoms with E-state index in [9.17, 15) is 0 Å². The molecule has 112 valence electrons. The molecule has 3 nitrogen and oxygen atoms in total. The number of hydrogen-bond acceptors (Lipinski definition) is 3. The molecule has 3 heteroatoms. The van der Waals surface area contributed by atoms with Crippen LogP contribution in [0.5, 0.6) is 17.2 Å². The van der Waals surface area contributed by atoms with Gasteiger partial charge < -0.3 is 14.8 Å². The first-order valence-electron chi connectivity index (χ1n) is 7.30. The van der Waals surface area contributed by atoms with Crippen LogP contribution in [0.25, 0.3) is 0 Å². The Hall–Kier alpha value is -2.00. The van der Waals surface area contributed by atoms with Crippen molar-refractivity contribution in [3.8, 4) is 17.2 Å². The number of hydrogen-bond donors (Lipinski definition) is 1. The van der Waals surface area contributed by atoms with Crippen molar-refractivity contribution in [3.05, 3.63) is 53.6 Å². The summed E-state index contributed by atoms with van der Waals surface area (Å²) in [6, 6.07) is 14.5. The van der Waals surface area contributed by atoms with Crippen molar-refractivity contribution < 1.29 is 9.47 Å². The summed E-state index contributed by atoms with van der Waals surface area (Å²) in [5, 5.41) is 3.22. The van der Waals surface area contributed by atoms with Crippen molar-refractivity contribution in [2.45, 2.75) is 26.3 Å². The Balaban J connectivity index is 2.18. The number of rotatable bonds is 6. The Morgan fingerprint density at radius 2 is 1.76 bits per heavy atom. The van der Waals surface area contributed by atoms with Gasteiger partial charge in [-0.3, -0.25) is 0 Å². The highest BCUT2D eigenvalue weighted by Crippen LogP contribution is 2.32. The lowest BCUT2D eigenvalue weighted by Gasteiger charge is -2.13. The Morgan fingerprint density at radius 3 is 2.33 bits per heavy atom. The Kier molecular flexibility index (Phi) is 5.23. The fraction of sp³-hybridized carbons (Fsp3) is 0.333. The van der Waals surface area contributed by atoms with E-state index in [1.807, 2.05) is 31.3 Å². The van der Waals surface area contributed by atoms with Crippen LogP contribution in [0.15, 0.2) is 42.5 Å². The van der Waals surface area contributed by atoms with Gasteiger partial charge in [-0.2, -0.15) is 0 Å². The summed E-state index contributed by atoms with van der Waals surface area (Å²) in [5.41, 5.74) is 2.47. The van der Waals surface area contributed by atoms with Gasteiger partial charge in [-0.05, 0) is 55.8 Å². The minimum Gasteiger partial charge on any atom is -0.493 e. The zero-order valence-corrected chi connectivity index (χ0v) is 13.1. The smallest absolute Gasteiger partial charge is 0.169 e. The second-order valence-electron chi connectivity index (χ2n) is 5.02. The average molecular weight is 285 g/mol. The average Bonchev–Trinajstić information content (AvgIpc) is 2.55. The van der Waals surface area contributed by atoms with Gasteiger partial charge in [0.2, 0.25) is 0 Å². The summed E-state index contributed by atoms with van der Waals surface area (Å²) >= 11 is 0. The molecule has 0 bridgehead atoms. The maximum Gasteiger partial charge on any atom is 0.169 e. The maximum absolute atomic E-state index is 5.92. The largest absolute Gasteiger partial charge is 0.493 e. The topological polar surface area (TPSA) is 30.5 Å². The van der Waals surface area contributed by atoms with Crippen LogP contribution in [-0.2, 0) is 6.42 Å². The summed E-state index contributed by atoms with van der Waals surface area (Å²) < 4.78 is 11.3. The minimum atomic E-state index is 0.331. The highest BCUT2D eigenvalue weighted by atomic mass is 16.5. The van der Waals surface area contributed by atoms with Crippen LogP contribution < -0.4 is 14.8 Å². The lowest BCUT2D eigenvalue weighted by atomic mass is 10.1. The van der Waals surface area contributed by atoms with E-state index in [2.05, 4.69) is 37.4 Å². The lowest BCUT2D eigenvalue weighted by Crippen LogP contribution is -2.11. The van der Waals surface area contributed by atoms with Crippen molar-refractivity contribution in [2.24, 2.45) is 0 Å². The van der Waals surface area contributed by atoms with E-state index in [0.717, 1.165) is 23.7 Å². The van der Waals surface area contributed by atoms with Gasteiger partial charge in [0, 0.05) is 6.04 Å². The molecule has 1 atom stereocenters. The second-order valence-corrected chi connectivity index (χ2v) is 5.02. The molecule has 0 saturated carbocycles. The first-order chi connectivity index (χ1) is 10.2. The van der Waals surface area contributed by atoms with Gasteiger partial charge in [-0.1, -0.05) is 25.1 Å². The van der Waals surface area contributed by atoms with Crippen molar-refractivity contribution in [3.63, 3.8) is 0 Å². The number of aryl methyl sites for hydroxylation is 1. The third-order valence-corrected chi connectivity index (χ3v) is 3.68. The van der Waals surface area contributed by atoms with Gasteiger partial charge in [-0.15, -0.1) is 0 Å².